The summed E-state index contributed by atoms with van der Waals surface area (Å²) in [7, 11) is 0. The first-order valence-corrected chi connectivity index (χ1v) is 10.9. The zero-order valence-electron chi connectivity index (χ0n) is 17.0. The van der Waals surface area contributed by atoms with E-state index in [0.29, 0.717) is 19.5 Å². The molecule has 28 heavy (non-hydrogen) atoms. The third-order valence-electron chi connectivity index (χ3n) is 4.69. The maximum atomic E-state index is 13.0. The van der Waals surface area contributed by atoms with Crippen LogP contribution in [-0.2, 0) is 21.9 Å². The maximum Gasteiger partial charge on any atom is 0.242 e. The summed E-state index contributed by atoms with van der Waals surface area (Å²) < 4.78 is 0. The van der Waals surface area contributed by atoms with E-state index < -0.39 is 6.04 Å². The Morgan fingerprint density at radius 2 is 1.75 bits per heavy atom. The van der Waals surface area contributed by atoms with Crippen LogP contribution in [0.5, 0.6) is 0 Å². The van der Waals surface area contributed by atoms with E-state index in [1.54, 1.807) is 23.6 Å². The lowest BCUT2D eigenvalue weighted by Crippen LogP contribution is -2.47. The molecular weight excluding hydrogens is 368 g/mol. The van der Waals surface area contributed by atoms with Crippen molar-refractivity contribution in [2.24, 2.45) is 0 Å². The number of carbonyl (C=O) groups is 2. The van der Waals surface area contributed by atoms with Crippen molar-refractivity contribution in [3.63, 3.8) is 0 Å². The second-order valence-corrected chi connectivity index (χ2v) is 7.91. The van der Waals surface area contributed by atoms with Crippen LogP contribution < -0.4 is 5.32 Å². The molecule has 0 saturated carbocycles. The molecule has 0 aliphatic rings. The van der Waals surface area contributed by atoms with E-state index in [9.17, 15) is 9.59 Å². The molecule has 0 aliphatic carbocycles. The number of hydrogen-bond donors (Lipinski definition) is 1. The fourth-order valence-electron chi connectivity index (χ4n) is 2.94. The highest BCUT2D eigenvalue weighted by molar-refractivity contribution is 7.98. The quantitative estimate of drug-likeness (QED) is 0.611. The molecule has 150 valence electrons. The lowest BCUT2D eigenvalue weighted by molar-refractivity contribution is -0.140. The Hall–Kier alpha value is -2.27. The van der Waals surface area contributed by atoms with E-state index in [1.165, 1.54) is 5.56 Å². The molecule has 0 saturated heterocycles. The zero-order valence-corrected chi connectivity index (χ0v) is 17.8. The number of nitrogens with one attached hydrogen (secondary N) is 1. The molecule has 0 heterocycles. The average molecular weight is 399 g/mol. The number of aryl methyl sites for hydroxylation is 1. The topological polar surface area (TPSA) is 49.4 Å². The Morgan fingerprint density at radius 3 is 2.43 bits per heavy atom. The third kappa shape index (κ3) is 6.71. The van der Waals surface area contributed by atoms with Crippen LogP contribution in [0.2, 0.25) is 0 Å². The second-order valence-electron chi connectivity index (χ2n) is 6.81. The van der Waals surface area contributed by atoms with Crippen molar-refractivity contribution in [2.75, 3.05) is 12.3 Å². The predicted octanol–water partition coefficient (Wildman–Crippen LogP) is 4.17. The van der Waals surface area contributed by atoms with Crippen LogP contribution in [0.3, 0.4) is 0 Å². The summed E-state index contributed by atoms with van der Waals surface area (Å²) in [4.78, 5) is 27.0. The van der Waals surface area contributed by atoms with E-state index >= 15 is 0 Å². The standard InChI is InChI=1S/C23H30N2O2S/c1-4-24-23(27)19(3)25(16-21-13-9-8-10-18(21)2)22(26)14-15-28-17-20-11-6-5-7-12-20/h5-13,19H,4,14-17H2,1-3H3,(H,24,27)/t19-/m0/s1. The van der Waals surface area contributed by atoms with Gasteiger partial charge in [0, 0.05) is 31.0 Å². The maximum absolute atomic E-state index is 13.0. The van der Waals surface area contributed by atoms with E-state index in [-0.39, 0.29) is 11.8 Å². The van der Waals surface area contributed by atoms with Gasteiger partial charge < -0.3 is 10.2 Å². The van der Waals surface area contributed by atoms with E-state index in [0.717, 1.165) is 22.6 Å². The van der Waals surface area contributed by atoms with Gasteiger partial charge in [-0.1, -0.05) is 54.6 Å². The molecule has 1 atom stereocenters. The Balaban J connectivity index is 1.99. The van der Waals surface area contributed by atoms with Crippen LogP contribution in [0.4, 0.5) is 0 Å². The fourth-order valence-corrected chi connectivity index (χ4v) is 3.83. The summed E-state index contributed by atoms with van der Waals surface area (Å²) in [6.45, 7) is 6.73. The highest BCUT2D eigenvalue weighted by Gasteiger charge is 2.25. The van der Waals surface area contributed by atoms with Gasteiger partial charge in [-0.25, -0.2) is 0 Å². The normalized spacial score (nSPS) is 11.7. The number of hydrogen-bond acceptors (Lipinski definition) is 3. The lowest BCUT2D eigenvalue weighted by Gasteiger charge is -2.29. The van der Waals surface area contributed by atoms with Crippen LogP contribution in [0.15, 0.2) is 54.6 Å². The molecule has 1 N–H and O–H groups in total. The molecule has 2 aromatic rings. The number of rotatable bonds is 10. The minimum atomic E-state index is -0.494. The lowest BCUT2D eigenvalue weighted by atomic mass is 10.1. The van der Waals surface area contributed by atoms with Crippen molar-refractivity contribution < 1.29 is 9.59 Å². The van der Waals surface area contributed by atoms with Crippen LogP contribution in [-0.4, -0.2) is 35.1 Å². The van der Waals surface area contributed by atoms with Crippen molar-refractivity contribution in [3.8, 4) is 0 Å². The summed E-state index contributed by atoms with van der Waals surface area (Å²) in [5.74, 6) is 1.53. The molecule has 0 radical (unpaired) electrons. The number of nitrogens with zero attached hydrogens (tertiary/aromatic N) is 1. The molecule has 2 aromatic carbocycles. The van der Waals surface area contributed by atoms with Gasteiger partial charge in [0.1, 0.15) is 6.04 Å². The SMILES string of the molecule is CCNC(=O)[C@H](C)N(Cc1ccccc1C)C(=O)CCSCc1ccccc1. The molecule has 2 rings (SSSR count). The molecule has 4 nitrogen and oxygen atoms in total. The number of benzene rings is 2. The molecular formula is C23H30N2O2S. The van der Waals surface area contributed by atoms with Crippen LogP contribution in [0.1, 0.15) is 37.0 Å². The van der Waals surface area contributed by atoms with E-state index in [4.69, 9.17) is 0 Å². The smallest absolute Gasteiger partial charge is 0.242 e. The van der Waals surface area contributed by atoms with Gasteiger partial charge in [0.2, 0.25) is 11.8 Å². The molecule has 0 bridgehead atoms. The van der Waals surface area contributed by atoms with Gasteiger partial charge >= 0.3 is 0 Å². The van der Waals surface area contributed by atoms with Gasteiger partial charge in [-0.15, -0.1) is 0 Å². The first kappa shape index (κ1) is 22.0. The number of thioether (sulfide) groups is 1. The summed E-state index contributed by atoms with van der Waals surface area (Å²) in [6, 6.07) is 17.8. The fraction of sp³-hybridized carbons (Fsp3) is 0.391. The van der Waals surface area contributed by atoms with Crippen molar-refractivity contribution in [3.05, 3.63) is 71.3 Å². The Labute approximate surface area is 172 Å². The summed E-state index contributed by atoms with van der Waals surface area (Å²) in [5, 5.41) is 2.83. The van der Waals surface area contributed by atoms with E-state index in [2.05, 4.69) is 17.4 Å². The van der Waals surface area contributed by atoms with Crippen LogP contribution in [0, 0.1) is 6.92 Å². The Bertz CT molecular complexity index is 764. The third-order valence-corrected chi connectivity index (χ3v) is 5.72. The summed E-state index contributed by atoms with van der Waals surface area (Å²) in [6.07, 6.45) is 0.424. The molecule has 0 unspecified atom stereocenters. The van der Waals surface area contributed by atoms with Gasteiger partial charge in [-0.3, -0.25) is 9.59 Å². The minimum absolute atomic E-state index is 0.0163. The van der Waals surface area contributed by atoms with Crippen molar-refractivity contribution in [1.29, 1.82) is 0 Å². The molecule has 0 aliphatic heterocycles. The Kier molecular flexibility index (Phi) is 9.08. The monoisotopic (exact) mass is 398 g/mol. The number of likely N-dealkylation sites (N-methyl/N-ethyl adjacent to an activating group) is 1. The van der Waals surface area contributed by atoms with Gasteiger partial charge in [-0.05, 0) is 37.5 Å². The average Bonchev–Trinajstić information content (AvgIpc) is 2.71. The summed E-state index contributed by atoms with van der Waals surface area (Å²) in [5.41, 5.74) is 3.46. The Morgan fingerprint density at radius 1 is 1.07 bits per heavy atom. The molecule has 2 amide bonds. The van der Waals surface area contributed by atoms with Gasteiger partial charge in [0.15, 0.2) is 0 Å². The second kappa shape index (κ2) is 11.5. The first-order valence-electron chi connectivity index (χ1n) is 9.76. The molecule has 0 spiro atoms. The van der Waals surface area contributed by atoms with Gasteiger partial charge in [0.25, 0.3) is 0 Å². The predicted molar refractivity (Wildman–Crippen MR) is 117 cm³/mol. The highest BCUT2D eigenvalue weighted by Crippen LogP contribution is 2.17. The summed E-state index contributed by atoms with van der Waals surface area (Å²) >= 11 is 1.74. The minimum Gasteiger partial charge on any atom is -0.355 e. The van der Waals surface area contributed by atoms with Gasteiger partial charge in [-0.2, -0.15) is 11.8 Å². The van der Waals surface area contributed by atoms with Crippen LogP contribution >= 0.6 is 11.8 Å². The van der Waals surface area contributed by atoms with Crippen molar-refractivity contribution >= 4 is 23.6 Å². The van der Waals surface area contributed by atoms with Crippen molar-refractivity contribution in [2.45, 2.75) is 45.5 Å². The molecule has 0 aromatic heterocycles. The van der Waals surface area contributed by atoms with Crippen LogP contribution in [0.25, 0.3) is 0 Å². The zero-order chi connectivity index (χ0) is 20.4. The van der Waals surface area contributed by atoms with Gasteiger partial charge in [0.05, 0.1) is 0 Å². The van der Waals surface area contributed by atoms with Crippen molar-refractivity contribution in [1.82, 2.24) is 10.2 Å². The number of carbonyl (C=O) groups excluding carboxylic acids is 2. The van der Waals surface area contributed by atoms with E-state index in [1.807, 2.05) is 56.3 Å². The highest BCUT2D eigenvalue weighted by atomic mass is 32.2. The molecule has 0 fully saturated rings. The molecule has 5 heteroatoms. The largest absolute Gasteiger partial charge is 0.355 e. The number of amides is 2. The first-order chi connectivity index (χ1) is 13.5.